The van der Waals surface area contributed by atoms with Crippen LogP contribution in [-0.2, 0) is 29.2 Å². The average molecular weight is 475 g/mol. The summed E-state index contributed by atoms with van der Waals surface area (Å²) in [6.45, 7) is 3.49. The molecule has 0 radical (unpaired) electrons. The van der Waals surface area contributed by atoms with Gasteiger partial charge in [-0.15, -0.1) is 0 Å². The molecule has 8 nitrogen and oxygen atoms in total. The maximum Gasteiger partial charge on any atom is 0.397 e. The lowest BCUT2D eigenvalue weighted by Crippen LogP contribution is -2.33. The van der Waals surface area contributed by atoms with Crippen molar-refractivity contribution in [3.05, 3.63) is 0 Å². The van der Waals surface area contributed by atoms with E-state index in [1.54, 1.807) is 0 Å². The van der Waals surface area contributed by atoms with Crippen LogP contribution in [0.25, 0.3) is 0 Å². The molecule has 182 valence electrons. The first kappa shape index (κ1) is 29.7. The Hall–Kier alpha value is -0.260. The first-order valence-electron chi connectivity index (χ1n) is 11.4. The van der Waals surface area contributed by atoms with E-state index < -0.39 is 33.0 Å². The van der Waals surface area contributed by atoms with Gasteiger partial charge in [0, 0.05) is 0 Å². The summed E-state index contributed by atoms with van der Waals surface area (Å²) in [4.78, 5) is 0. The molecule has 0 saturated heterocycles. The Morgan fingerprint density at radius 1 is 0.600 bits per heavy atom. The Morgan fingerprint density at radius 3 is 1.27 bits per heavy atom. The molecule has 0 aromatic heterocycles. The molecular formula is C20H42O8S2. The molecular weight excluding hydrogens is 432 g/mol. The van der Waals surface area contributed by atoms with Crippen LogP contribution in [0.5, 0.6) is 0 Å². The Kier molecular flexibility index (Phi) is 17.2. The minimum absolute atomic E-state index is 0.189. The second-order valence-corrected chi connectivity index (χ2v) is 10.1. The largest absolute Gasteiger partial charge is 0.397 e. The van der Waals surface area contributed by atoms with Crippen molar-refractivity contribution in [3.63, 3.8) is 0 Å². The second kappa shape index (κ2) is 17.3. The third-order valence-electron chi connectivity index (χ3n) is 5.13. The summed E-state index contributed by atoms with van der Waals surface area (Å²) in [6, 6.07) is 0. The first-order valence-corrected chi connectivity index (χ1v) is 14.1. The second-order valence-electron chi connectivity index (χ2n) is 8.03. The molecule has 0 aromatic carbocycles. The highest BCUT2D eigenvalue weighted by molar-refractivity contribution is 7.81. The number of hydrogen-bond donors (Lipinski definition) is 2. The molecule has 0 aliphatic heterocycles. The van der Waals surface area contributed by atoms with Crippen molar-refractivity contribution in [1.29, 1.82) is 0 Å². The first-order chi connectivity index (χ1) is 14.0. The molecule has 0 saturated carbocycles. The molecule has 0 rings (SSSR count). The van der Waals surface area contributed by atoms with E-state index in [1.807, 2.05) is 0 Å². The summed E-state index contributed by atoms with van der Waals surface area (Å²) in [6.07, 6.45) is 15.6. The zero-order valence-electron chi connectivity index (χ0n) is 18.6. The summed E-state index contributed by atoms with van der Waals surface area (Å²) in [5.74, 6) is 0. The summed E-state index contributed by atoms with van der Waals surface area (Å²) in [5.41, 5.74) is 0. The maximum absolute atomic E-state index is 10.9. The van der Waals surface area contributed by atoms with E-state index in [9.17, 15) is 16.8 Å². The molecule has 2 N–H and O–H groups in total. The van der Waals surface area contributed by atoms with Gasteiger partial charge in [-0.2, -0.15) is 16.8 Å². The van der Waals surface area contributed by atoms with E-state index in [0.29, 0.717) is 6.42 Å². The lowest BCUT2D eigenvalue weighted by molar-refractivity contribution is 0.0501. The van der Waals surface area contributed by atoms with Gasteiger partial charge < -0.3 is 0 Å². The van der Waals surface area contributed by atoms with Crippen LogP contribution in [0.15, 0.2) is 0 Å². The molecule has 2 unspecified atom stereocenters. The molecule has 0 aromatic rings. The van der Waals surface area contributed by atoms with Crippen LogP contribution in [0.4, 0.5) is 0 Å². The van der Waals surface area contributed by atoms with Crippen molar-refractivity contribution >= 4 is 20.8 Å². The van der Waals surface area contributed by atoms with Crippen LogP contribution in [0.2, 0.25) is 0 Å². The van der Waals surface area contributed by atoms with E-state index in [-0.39, 0.29) is 6.42 Å². The van der Waals surface area contributed by atoms with E-state index in [0.717, 1.165) is 19.3 Å². The van der Waals surface area contributed by atoms with E-state index in [2.05, 4.69) is 15.3 Å². The third kappa shape index (κ3) is 21.0. The highest BCUT2D eigenvalue weighted by Gasteiger charge is 2.27. The van der Waals surface area contributed by atoms with E-state index >= 15 is 0 Å². The van der Waals surface area contributed by atoms with Crippen LogP contribution >= 0.6 is 0 Å². The fourth-order valence-corrected chi connectivity index (χ4v) is 4.56. The molecule has 0 aliphatic rings. The van der Waals surface area contributed by atoms with Gasteiger partial charge in [-0.1, -0.05) is 103 Å². The smallest absolute Gasteiger partial charge is 0.264 e. The van der Waals surface area contributed by atoms with Crippen molar-refractivity contribution in [1.82, 2.24) is 0 Å². The lowest BCUT2D eigenvalue weighted by Gasteiger charge is -2.21. The van der Waals surface area contributed by atoms with Gasteiger partial charge in [-0.3, -0.25) is 9.11 Å². The van der Waals surface area contributed by atoms with Crippen LogP contribution in [-0.4, -0.2) is 38.1 Å². The standard InChI is InChI=1S/C20H42O8S2/c1-3-4-5-6-7-8-9-10-11-12-13-14-15-16-17-18-20(28-30(24,25)26)19(2)27-29(21,22)23/h19-20H,3-18H2,1-2H3,(H,21,22,23)(H,24,25,26). The predicted molar refractivity (Wildman–Crippen MR) is 118 cm³/mol. The predicted octanol–water partition coefficient (Wildman–Crippen LogP) is 5.64. The summed E-state index contributed by atoms with van der Waals surface area (Å²) in [5, 5.41) is 0. The van der Waals surface area contributed by atoms with Gasteiger partial charge in [-0.25, -0.2) is 8.37 Å². The molecule has 0 bridgehead atoms. The number of hydrogen-bond acceptors (Lipinski definition) is 6. The molecule has 2 atom stereocenters. The van der Waals surface area contributed by atoms with Crippen molar-refractivity contribution < 1.29 is 34.3 Å². The van der Waals surface area contributed by atoms with Gasteiger partial charge in [0.15, 0.2) is 0 Å². The van der Waals surface area contributed by atoms with E-state index in [4.69, 9.17) is 9.11 Å². The Bertz CT molecular complexity index is 604. The van der Waals surface area contributed by atoms with Crippen molar-refractivity contribution in [3.8, 4) is 0 Å². The van der Waals surface area contributed by atoms with Crippen molar-refractivity contribution in [2.75, 3.05) is 0 Å². The third-order valence-corrected chi connectivity index (χ3v) is 6.17. The molecule has 0 spiro atoms. The summed E-state index contributed by atoms with van der Waals surface area (Å²) >= 11 is 0. The van der Waals surface area contributed by atoms with Crippen LogP contribution in [0.3, 0.4) is 0 Å². The fourth-order valence-electron chi connectivity index (χ4n) is 3.49. The highest BCUT2D eigenvalue weighted by atomic mass is 32.3. The normalized spacial score (nSPS) is 14.7. The zero-order valence-corrected chi connectivity index (χ0v) is 20.3. The van der Waals surface area contributed by atoms with Crippen LogP contribution < -0.4 is 0 Å². The zero-order chi connectivity index (χ0) is 22.9. The van der Waals surface area contributed by atoms with Gasteiger partial charge in [0.25, 0.3) is 0 Å². The molecule has 0 fully saturated rings. The molecule has 0 heterocycles. The molecule has 10 heteroatoms. The van der Waals surface area contributed by atoms with Crippen molar-refractivity contribution in [2.45, 2.75) is 129 Å². The number of unbranched alkanes of at least 4 members (excludes halogenated alkanes) is 14. The molecule has 30 heavy (non-hydrogen) atoms. The topological polar surface area (TPSA) is 127 Å². The fraction of sp³-hybridized carbons (Fsp3) is 1.00. The quantitative estimate of drug-likeness (QED) is 0.161. The molecule has 0 amide bonds. The Balaban J connectivity index is 3.77. The van der Waals surface area contributed by atoms with Gasteiger partial charge in [0.2, 0.25) is 0 Å². The minimum atomic E-state index is -4.75. The Labute approximate surface area is 184 Å². The Morgan fingerprint density at radius 2 is 0.933 bits per heavy atom. The van der Waals surface area contributed by atoms with Gasteiger partial charge in [0.05, 0.1) is 0 Å². The van der Waals surface area contributed by atoms with Crippen molar-refractivity contribution in [2.24, 2.45) is 0 Å². The van der Waals surface area contributed by atoms with Gasteiger partial charge in [0.1, 0.15) is 12.2 Å². The van der Waals surface area contributed by atoms with E-state index in [1.165, 1.54) is 77.6 Å². The SMILES string of the molecule is CCCCCCCCCCCCCCCCCC(OS(=O)(=O)O)C(C)OS(=O)(=O)O. The highest BCUT2D eigenvalue weighted by Crippen LogP contribution is 2.18. The van der Waals surface area contributed by atoms with Crippen LogP contribution in [0, 0.1) is 0 Å². The summed E-state index contributed by atoms with van der Waals surface area (Å²) in [7, 11) is -9.49. The van der Waals surface area contributed by atoms with Gasteiger partial charge >= 0.3 is 20.8 Å². The molecule has 0 aliphatic carbocycles. The van der Waals surface area contributed by atoms with Crippen LogP contribution in [0.1, 0.15) is 117 Å². The monoisotopic (exact) mass is 474 g/mol. The average Bonchev–Trinajstić information content (AvgIpc) is 2.61. The minimum Gasteiger partial charge on any atom is -0.264 e. The number of rotatable bonds is 21. The summed E-state index contributed by atoms with van der Waals surface area (Å²) < 4.78 is 69.9. The maximum atomic E-state index is 10.9. The lowest BCUT2D eigenvalue weighted by atomic mass is 10.0. The van der Waals surface area contributed by atoms with Gasteiger partial charge in [-0.05, 0) is 13.3 Å².